The van der Waals surface area contributed by atoms with Crippen LogP contribution in [-0.4, -0.2) is 43.2 Å². The molecule has 1 aromatic carbocycles. The third kappa shape index (κ3) is 2.99. The Labute approximate surface area is 104 Å². The number of aliphatic hydroxyl groups is 1. The normalized spacial score (nSPS) is 21.5. The minimum Gasteiger partial charge on any atom is -0.392 e. The molecule has 1 fully saturated rings. The molecule has 1 atom stereocenters. The first-order chi connectivity index (χ1) is 8.20. The second-order valence-corrected chi connectivity index (χ2v) is 4.99. The zero-order valence-corrected chi connectivity index (χ0v) is 10.8. The lowest BCUT2D eigenvalue weighted by molar-refractivity contribution is 0.248. The highest BCUT2D eigenvalue weighted by Gasteiger charge is 2.21. The van der Waals surface area contributed by atoms with Crippen LogP contribution >= 0.6 is 0 Å². The molecule has 0 aliphatic carbocycles. The van der Waals surface area contributed by atoms with Crippen molar-refractivity contribution >= 4 is 5.69 Å². The Morgan fingerprint density at radius 3 is 2.65 bits per heavy atom. The van der Waals surface area contributed by atoms with Crippen LogP contribution in [0.3, 0.4) is 0 Å². The SMILES string of the molecule is CN1CCCC(N(C)c2ccc(CO)cc2)C1. The highest BCUT2D eigenvalue weighted by Crippen LogP contribution is 2.21. The van der Waals surface area contributed by atoms with E-state index >= 15 is 0 Å². The van der Waals surface area contributed by atoms with Gasteiger partial charge in [-0.1, -0.05) is 12.1 Å². The second-order valence-electron chi connectivity index (χ2n) is 4.99. The summed E-state index contributed by atoms with van der Waals surface area (Å²) in [5, 5.41) is 9.03. The zero-order chi connectivity index (χ0) is 12.3. The van der Waals surface area contributed by atoms with Crippen LogP contribution in [0.2, 0.25) is 0 Å². The van der Waals surface area contributed by atoms with Crippen LogP contribution in [0, 0.1) is 0 Å². The molecule has 1 aromatic rings. The molecule has 0 saturated carbocycles. The number of anilines is 1. The molecule has 0 aromatic heterocycles. The first kappa shape index (κ1) is 12.4. The predicted octanol–water partition coefficient (Wildman–Crippen LogP) is 1.71. The molecule has 0 spiro atoms. The number of benzene rings is 1. The van der Waals surface area contributed by atoms with E-state index in [1.807, 2.05) is 12.1 Å². The van der Waals surface area contributed by atoms with E-state index in [0.717, 1.165) is 12.1 Å². The van der Waals surface area contributed by atoms with E-state index in [2.05, 4.69) is 36.0 Å². The lowest BCUT2D eigenvalue weighted by atomic mass is 10.0. The van der Waals surface area contributed by atoms with Gasteiger partial charge in [0.1, 0.15) is 0 Å². The molecule has 1 heterocycles. The number of hydrogen-bond donors (Lipinski definition) is 1. The van der Waals surface area contributed by atoms with E-state index in [9.17, 15) is 0 Å². The van der Waals surface area contributed by atoms with Crippen LogP contribution in [0.4, 0.5) is 5.69 Å². The number of nitrogens with zero attached hydrogens (tertiary/aromatic N) is 2. The first-order valence-electron chi connectivity index (χ1n) is 6.32. The molecular weight excluding hydrogens is 212 g/mol. The van der Waals surface area contributed by atoms with E-state index in [1.54, 1.807) is 0 Å². The predicted molar refractivity (Wildman–Crippen MR) is 71.3 cm³/mol. The van der Waals surface area contributed by atoms with Crippen LogP contribution in [0.5, 0.6) is 0 Å². The van der Waals surface area contributed by atoms with Gasteiger partial charge in [0.25, 0.3) is 0 Å². The minimum atomic E-state index is 0.121. The average Bonchev–Trinajstić information content (AvgIpc) is 2.38. The first-order valence-corrected chi connectivity index (χ1v) is 6.32. The quantitative estimate of drug-likeness (QED) is 0.862. The highest BCUT2D eigenvalue weighted by molar-refractivity contribution is 5.48. The highest BCUT2D eigenvalue weighted by atomic mass is 16.3. The van der Waals surface area contributed by atoms with Gasteiger partial charge in [-0.15, -0.1) is 0 Å². The summed E-state index contributed by atoms with van der Waals surface area (Å²) in [6.45, 7) is 2.47. The van der Waals surface area contributed by atoms with Crippen molar-refractivity contribution in [1.82, 2.24) is 4.90 Å². The van der Waals surface area contributed by atoms with Gasteiger partial charge in [-0.2, -0.15) is 0 Å². The van der Waals surface area contributed by atoms with Gasteiger partial charge in [0.05, 0.1) is 6.61 Å². The zero-order valence-electron chi connectivity index (χ0n) is 10.8. The van der Waals surface area contributed by atoms with E-state index < -0.39 is 0 Å². The Morgan fingerprint density at radius 1 is 1.35 bits per heavy atom. The molecule has 1 N–H and O–H groups in total. The molecular formula is C14H22N2O. The summed E-state index contributed by atoms with van der Waals surface area (Å²) in [4.78, 5) is 4.75. The van der Waals surface area contributed by atoms with Crippen molar-refractivity contribution in [3.63, 3.8) is 0 Å². The third-order valence-corrected chi connectivity index (χ3v) is 3.67. The van der Waals surface area contributed by atoms with Crippen LogP contribution in [0.25, 0.3) is 0 Å². The molecule has 1 aliphatic heterocycles. The number of likely N-dealkylation sites (tertiary alicyclic amines) is 1. The lowest BCUT2D eigenvalue weighted by Gasteiger charge is -2.37. The van der Waals surface area contributed by atoms with Crippen molar-refractivity contribution in [2.45, 2.75) is 25.5 Å². The molecule has 0 amide bonds. The number of piperidine rings is 1. The van der Waals surface area contributed by atoms with Gasteiger partial charge in [-0.3, -0.25) is 0 Å². The van der Waals surface area contributed by atoms with Crippen molar-refractivity contribution in [2.24, 2.45) is 0 Å². The molecule has 2 rings (SSSR count). The monoisotopic (exact) mass is 234 g/mol. The number of hydrogen-bond acceptors (Lipinski definition) is 3. The maximum atomic E-state index is 9.03. The summed E-state index contributed by atoms with van der Waals surface area (Å²) in [6, 6.07) is 8.80. The van der Waals surface area contributed by atoms with Gasteiger partial charge < -0.3 is 14.9 Å². The summed E-state index contributed by atoms with van der Waals surface area (Å²) in [5.41, 5.74) is 2.21. The minimum absolute atomic E-state index is 0.121. The molecule has 3 heteroatoms. The topological polar surface area (TPSA) is 26.7 Å². The molecule has 17 heavy (non-hydrogen) atoms. The molecule has 1 saturated heterocycles. The standard InChI is InChI=1S/C14H22N2O/c1-15-9-3-4-14(10-15)16(2)13-7-5-12(11-17)6-8-13/h5-8,14,17H,3-4,9-11H2,1-2H3. The van der Waals surface area contributed by atoms with Crippen molar-refractivity contribution in [3.8, 4) is 0 Å². The molecule has 0 bridgehead atoms. The Bertz CT molecular complexity index is 350. The maximum absolute atomic E-state index is 9.03. The van der Waals surface area contributed by atoms with E-state index in [0.29, 0.717) is 6.04 Å². The van der Waals surface area contributed by atoms with Crippen LogP contribution in [-0.2, 0) is 6.61 Å². The van der Waals surface area contributed by atoms with Gasteiger partial charge in [0.2, 0.25) is 0 Å². The molecule has 94 valence electrons. The lowest BCUT2D eigenvalue weighted by Crippen LogP contribution is -2.45. The van der Waals surface area contributed by atoms with Gasteiger partial charge >= 0.3 is 0 Å². The van der Waals surface area contributed by atoms with Crippen LogP contribution in [0.15, 0.2) is 24.3 Å². The van der Waals surface area contributed by atoms with E-state index in [1.165, 1.54) is 25.1 Å². The summed E-state index contributed by atoms with van der Waals surface area (Å²) in [6.07, 6.45) is 2.54. The Hall–Kier alpha value is -1.06. The number of aliphatic hydroxyl groups excluding tert-OH is 1. The Kier molecular flexibility index (Phi) is 4.02. The van der Waals surface area contributed by atoms with Gasteiger partial charge in [-0.25, -0.2) is 0 Å². The molecule has 0 radical (unpaired) electrons. The van der Waals surface area contributed by atoms with E-state index in [4.69, 9.17) is 5.11 Å². The third-order valence-electron chi connectivity index (χ3n) is 3.67. The maximum Gasteiger partial charge on any atom is 0.0681 e. The van der Waals surface area contributed by atoms with Gasteiger partial charge in [0, 0.05) is 25.3 Å². The largest absolute Gasteiger partial charge is 0.392 e. The summed E-state index contributed by atoms with van der Waals surface area (Å²) in [5.74, 6) is 0. The van der Waals surface area contributed by atoms with Crippen molar-refractivity contribution in [3.05, 3.63) is 29.8 Å². The van der Waals surface area contributed by atoms with Crippen molar-refractivity contribution in [1.29, 1.82) is 0 Å². The van der Waals surface area contributed by atoms with E-state index in [-0.39, 0.29) is 6.61 Å². The van der Waals surface area contributed by atoms with Gasteiger partial charge in [-0.05, 0) is 44.1 Å². The van der Waals surface area contributed by atoms with Crippen LogP contribution in [0.1, 0.15) is 18.4 Å². The second kappa shape index (κ2) is 5.52. The summed E-state index contributed by atoms with van der Waals surface area (Å²) >= 11 is 0. The molecule has 3 nitrogen and oxygen atoms in total. The fourth-order valence-corrected chi connectivity index (χ4v) is 2.50. The van der Waals surface area contributed by atoms with Crippen molar-refractivity contribution in [2.75, 3.05) is 32.1 Å². The smallest absolute Gasteiger partial charge is 0.0681 e. The fourth-order valence-electron chi connectivity index (χ4n) is 2.50. The van der Waals surface area contributed by atoms with Gasteiger partial charge in [0.15, 0.2) is 0 Å². The molecule has 1 aliphatic rings. The van der Waals surface area contributed by atoms with Crippen LogP contribution < -0.4 is 4.90 Å². The molecule has 1 unspecified atom stereocenters. The summed E-state index contributed by atoms with van der Waals surface area (Å²) in [7, 11) is 4.35. The fraction of sp³-hybridized carbons (Fsp3) is 0.571. The summed E-state index contributed by atoms with van der Waals surface area (Å²) < 4.78 is 0. The average molecular weight is 234 g/mol. The number of rotatable bonds is 3. The number of likely N-dealkylation sites (N-methyl/N-ethyl adjacent to an activating group) is 2. The Balaban J connectivity index is 2.04. The Morgan fingerprint density at radius 2 is 2.06 bits per heavy atom. The van der Waals surface area contributed by atoms with Crippen molar-refractivity contribution < 1.29 is 5.11 Å².